The number of amides is 2. The fourth-order valence-electron chi connectivity index (χ4n) is 1.63. The zero-order valence-corrected chi connectivity index (χ0v) is 11.9. The maximum Gasteiger partial charge on any atom is 0.411 e. The smallest absolute Gasteiger partial charge is 0.411 e. The van der Waals surface area contributed by atoms with Gasteiger partial charge < -0.3 is 10.1 Å². The van der Waals surface area contributed by atoms with Crippen LogP contribution in [0.5, 0.6) is 0 Å². The Kier molecular flexibility index (Phi) is 5.86. The van der Waals surface area contributed by atoms with E-state index in [4.69, 9.17) is 4.74 Å². The highest BCUT2D eigenvalue weighted by molar-refractivity contribution is 5.93. The minimum atomic E-state index is -0.549. The number of carbonyl (C=O) groups is 2. The molecular weight excluding hydrogens is 284 g/mol. The molecule has 2 amide bonds. The van der Waals surface area contributed by atoms with Crippen LogP contribution in [0.25, 0.3) is 0 Å². The second-order valence-corrected chi connectivity index (χ2v) is 4.35. The molecule has 0 fully saturated rings. The Morgan fingerprint density at radius 2 is 1.86 bits per heavy atom. The fraction of sp³-hybridized carbons (Fsp3) is 0.200. The first-order chi connectivity index (χ1) is 10.8. The molecule has 7 nitrogen and oxygen atoms in total. The molecule has 2 aromatic heterocycles. The molecule has 0 aliphatic rings. The summed E-state index contributed by atoms with van der Waals surface area (Å²) in [7, 11) is 0. The van der Waals surface area contributed by atoms with Gasteiger partial charge in [-0.1, -0.05) is 0 Å². The van der Waals surface area contributed by atoms with E-state index in [0.717, 1.165) is 0 Å². The van der Waals surface area contributed by atoms with Gasteiger partial charge >= 0.3 is 6.09 Å². The van der Waals surface area contributed by atoms with Gasteiger partial charge in [-0.25, -0.2) is 4.79 Å². The number of hydrogen-bond donors (Lipinski definition) is 2. The Labute approximate surface area is 127 Å². The molecule has 0 aliphatic carbocycles. The highest BCUT2D eigenvalue weighted by atomic mass is 16.5. The number of pyridine rings is 2. The zero-order chi connectivity index (χ0) is 15.6. The fourth-order valence-corrected chi connectivity index (χ4v) is 1.63. The van der Waals surface area contributed by atoms with Crippen LogP contribution in [0.15, 0.2) is 49.1 Å². The van der Waals surface area contributed by atoms with Crippen molar-refractivity contribution >= 4 is 17.7 Å². The zero-order valence-electron chi connectivity index (χ0n) is 11.9. The van der Waals surface area contributed by atoms with E-state index >= 15 is 0 Å². The number of nitrogens with zero attached hydrogens (tertiary/aromatic N) is 2. The van der Waals surface area contributed by atoms with Crippen molar-refractivity contribution in [3.05, 3.63) is 54.6 Å². The Hall–Kier alpha value is -2.96. The molecule has 0 spiro atoms. The van der Waals surface area contributed by atoms with Crippen LogP contribution in [-0.2, 0) is 4.74 Å². The average molecular weight is 300 g/mol. The second kappa shape index (κ2) is 8.35. The summed E-state index contributed by atoms with van der Waals surface area (Å²) < 4.78 is 4.99. The molecule has 2 N–H and O–H groups in total. The number of rotatable bonds is 6. The molecule has 0 saturated carbocycles. The van der Waals surface area contributed by atoms with Crippen molar-refractivity contribution in [1.29, 1.82) is 0 Å². The first-order valence-electron chi connectivity index (χ1n) is 6.78. The lowest BCUT2D eigenvalue weighted by Crippen LogP contribution is -2.26. The molecule has 0 aromatic carbocycles. The Morgan fingerprint density at radius 1 is 1.09 bits per heavy atom. The van der Waals surface area contributed by atoms with Gasteiger partial charge in [0.1, 0.15) is 0 Å². The predicted octanol–water partition coefficient (Wildman–Crippen LogP) is 1.85. The van der Waals surface area contributed by atoms with E-state index in [1.807, 2.05) is 0 Å². The largest absolute Gasteiger partial charge is 0.449 e. The molecule has 0 aliphatic heterocycles. The first-order valence-corrected chi connectivity index (χ1v) is 6.78. The molecular formula is C15H16N4O3. The van der Waals surface area contributed by atoms with Gasteiger partial charge in [-0.2, -0.15) is 0 Å². The number of carbonyl (C=O) groups excluding carboxylic acids is 2. The van der Waals surface area contributed by atoms with Gasteiger partial charge in [0.2, 0.25) is 0 Å². The van der Waals surface area contributed by atoms with Gasteiger partial charge in [-0.3, -0.25) is 20.1 Å². The average Bonchev–Trinajstić information content (AvgIpc) is 2.56. The van der Waals surface area contributed by atoms with E-state index in [1.54, 1.807) is 36.7 Å². The van der Waals surface area contributed by atoms with Crippen molar-refractivity contribution in [3.8, 4) is 0 Å². The van der Waals surface area contributed by atoms with Gasteiger partial charge in [-0.15, -0.1) is 0 Å². The molecule has 2 aromatic rings. The van der Waals surface area contributed by atoms with E-state index < -0.39 is 6.09 Å². The lowest BCUT2D eigenvalue weighted by molar-refractivity contribution is 0.0950. The van der Waals surface area contributed by atoms with E-state index in [2.05, 4.69) is 20.6 Å². The van der Waals surface area contributed by atoms with E-state index in [0.29, 0.717) is 24.2 Å². The Balaban J connectivity index is 1.59. The van der Waals surface area contributed by atoms with Crippen LogP contribution < -0.4 is 10.6 Å². The van der Waals surface area contributed by atoms with E-state index in [1.165, 1.54) is 12.4 Å². The van der Waals surface area contributed by atoms with Gasteiger partial charge in [0, 0.05) is 25.1 Å². The van der Waals surface area contributed by atoms with Crippen LogP contribution in [0.4, 0.5) is 10.5 Å². The molecule has 0 bridgehead atoms. The molecule has 0 atom stereocenters. The minimum absolute atomic E-state index is 0.201. The third-order valence-electron chi connectivity index (χ3n) is 2.67. The van der Waals surface area contributed by atoms with Gasteiger partial charge in [-0.05, 0) is 30.7 Å². The van der Waals surface area contributed by atoms with E-state index in [-0.39, 0.29) is 12.5 Å². The molecule has 0 radical (unpaired) electrons. The summed E-state index contributed by atoms with van der Waals surface area (Å²) in [6.07, 6.45) is 6.20. The van der Waals surface area contributed by atoms with Crippen LogP contribution in [0, 0.1) is 0 Å². The molecule has 2 rings (SSSR count). The second-order valence-electron chi connectivity index (χ2n) is 4.35. The van der Waals surface area contributed by atoms with Gasteiger partial charge in [0.15, 0.2) is 0 Å². The number of anilines is 1. The summed E-state index contributed by atoms with van der Waals surface area (Å²) in [5, 5.41) is 5.27. The first kappa shape index (κ1) is 15.4. The molecule has 0 saturated heterocycles. The van der Waals surface area contributed by atoms with Crippen LogP contribution in [-0.4, -0.2) is 35.1 Å². The van der Waals surface area contributed by atoms with Crippen molar-refractivity contribution in [3.63, 3.8) is 0 Å². The SMILES string of the molecule is O=C(Nc1cccnc1)OCCCNC(=O)c1cccnc1. The number of hydrogen-bond acceptors (Lipinski definition) is 5. The summed E-state index contributed by atoms with van der Waals surface area (Å²) >= 11 is 0. The number of aromatic nitrogens is 2. The molecule has 2 heterocycles. The molecule has 0 unspecified atom stereocenters. The van der Waals surface area contributed by atoms with Crippen molar-refractivity contribution in [1.82, 2.24) is 15.3 Å². The highest BCUT2D eigenvalue weighted by Gasteiger charge is 2.05. The predicted molar refractivity (Wildman–Crippen MR) is 80.4 cm³/mol. The van der Waals surface area contributed by atoms with Crippen molar-refractivity contribution in [2.45, 2.75) is 6.42 Å². The highest BCUT2D eigenvalue weighted by Crippen LogP contribution is 2.03. The van der Waals surface area contributed by atoms with Crippen LogP contribution in [0.1, 0.15) is 16.8 Å². The summed E-state index contributed by atoms with van der Waals surface area (Å²) in [5.74, 6) is -0.201. The van der Waals surface area contributed by atoms with E-state index in [9.17, 15) is 9.59 Å². The van der Waals surface area contributed by atoms with Gasteiger partial charge in [0.05, 0.1) is 24.1 Å². The topological polar surface area (TPSA) is 93.2 Å². The summed E-state index contributed by atoms with van der Waals surface area (Å²) in [6.45, 7) is 0.618. The maximum absolute atomic E-state index is 11.7. The Morgan fingerprint density at radius 3 is 2.55 bits per heavy atom. The van der Waals surface area contributed by atoms with Gasteiger partial charge in [0.25, 0.3) is 5.91 Å². The lowest BCUT2D eigenvalue weighted by atomic mass is 10.2. The normalized spacial score (nSPS) is 9.82. The third kappa shape index (κ3) is 5.20. The van der Waals surface area contributed by atoms with Crippen molar-refractivity contribution in [2.24, 2.45) is 0 Å². The molecule has 7 heteroatoms. The summed E-state index contributed by atoms with van der Waals surface area (Å²) in [5.41, 5.74) is 1.06. The number of nitrogens with one attached hydrogen (secondary N) is 2. The minimum Gasteiger partial charge on any atom is -0.449 e. The maximum atomic E-state index is 11.7. The number of ether oxygens (including phenoxy) is 1. The molecule has 22 heavy (non-hydrogen) atoms. The third-order valence-corrected chi connectivity index (χ3v) is 2.67. The monoisotopic (exact) mass is 300 g/mol. The van der Waals surface area contributed by atoms with Crippen LogP contribution >= 0.6 is 0 Å². The molecule has 114 valence electrons. The van der Waals surface area contributed by atoms with Crippen molar-refractivity contribution < 1.29 is 14.3 Å². The summed E-state index contributed by atoms with van der Waals surface area (Å²) in [6, 6.07) is 6.80. The quantitative estimate of drug-likeness (QED) is 0.794. The van der Waals surface area contributed by atoms with Crippen LogP contribution in [0.3, 0.4) is 0 Å². The van der Waals surface area contributed by atoms with Crippen LogP contribution in [0.2, 0.25) is 0 Å². The lowest BCUT2D eigenvalue weighted by Gasteiger charge is -2.07. The standard InChI is InChI=1S/C15H16N4O3/c20-14(12-4-1-6-16-10-12)18-8-3-9-22-15(21)19-13-5-2-7-17-11-13/h1-2,4-7,10-11H,3,8-9H2,(H,18,20)(H,19,21). The summed E-state index contributed by atoms with van der Waals surface area (Å²) in [4.78, 5) is 30.9. The Bertz CT molecular complexity index is 605. The van der Waals surface area contributed by atoms with Crippen molar-refractivity contribution in [2.75, 3.05) is 18.5 Å².